The number of rotatable bonds is 11. The molecule has 36 heavy (non-hydrogen) atoms. The van der Waals surface area contributed by atoms with Gasteiger partial charge in [0.05, 0.1) is 19.9 Å². The molecule has 0 fully saturated rings. The zero-order chi connectivity index (χ0) is 26.5. The number of phenols is 1. The van der Waals surface area contributed by atoms with Gasteiger partial charge >= 0.3 is 19.5 Å². The lowest BCUT2D eigenvalue weighted by Gasteiger charge is -2.23. The quantitative estimate of drug-likeness (QED) is 0.246. The van der Waals surface area contributed by atoms with Crippen LogP contribution in [0, 0.1) is 6.92 Å². The Balaban J connectivity index is 1.88. The Labute approximate surface area is 210 Å². The number of fused-ring (bicyclic) bond motifs is 1. The summed E-state index contributed by atoms with van der Waals surface area (Å²) in [6.45, 7) is 6.89. The van der Waals surface area contributed by atoms with Crippen molar-refractivity contribution in [3.63, 3.8) is 0 Å². The van der Waals surface area contributed by atoms with Gasteiger partial charge in [-0.2, -0.15) is 0 Å². The van der Waals surface area contributed by atoms with E-state index in [1.165, 1.54) is 14.0 Å². The predicted molar refractivity (Wildman–Crippen MR) is 133 cm³/mol. The van der Waals surface area contributed by atoms with Gasteiger partial charge in [-0.15, -0.1) is 0 Å². The third kappa shape index (κ3) is 6.09. The van der Waals surface area contributed by atoms with Crippen molar-refractivity contribution in [1.82, 2.24) is 0 Å². The van der Waals surface area contributed by atoms with E-state index in [9.17, 15) is 19.3 Å². The zero-order valence-electron chi connectivity index (χ0n) is 21.0. The van der Waals surface area contributed by atoms with Gasteiger partial charge < -0.3 is 23.8 Å². The minimum atomic E-state index is -3.85. The van der Waals surface area contributed by atoms with Crippen LogP contribution in [0.1, 0.15) is 47.8 Å². The first-order chi connectivity index (χ1) is 17.1. The lowest BCUT2D eigenvalue weighted by Crippen LogP contribution is -2.24. The van der Waals surface area contributed by atoms with Crippen LogP contribution >= 0.6 is 7.60 Å². The maximum Gasteiger partial charge on any atom is 0.384 e. The molecule has 0 aliphatic carbocycles. The standard InChI is InChI=1S/C26H31O9P/c1-6-32-25(28)18(4)34-36(30,35-19-10-8-7-9-11-19)15-16(2)12-13-20-23(27)22-21(14-33-26(22)29)17(3)24(20)31-5/h7-12,18,27H,6,13-15H2,1-5H3/t18-,36?/m0/s1. The average Bonchev–Trinajstić information content (AvgIpc) is 3.22. The molecular weight excluding hydrogens is 487 g/mol. The Morgan fingerprint density at radius 3 is 2.61 bits per heavy atom. The summed E-state index contributed by atoms with van der Waals surface area (Å²) < 4.78 is 40.7. The Bertz CT molecular complexity index is 1200. The summed E-state index contributed by atoms with van der Waals surface area (Å²) >= 11 is 0. The number of carbonyl (C=O) groups is 2. The van der Waals surface area contributed by atoms with Crippen LogP contribution in [0.5, 0.6) is 17.2 Å². The summed E-state index contributed by atoms with van der Waals surface area (Å²) in [5.74, 6) is -0.653. The SMILES string of the molecule is CCOC(=O)[C@H](C)OP(=O)(CC(C)=CCc1c(O)c2c(c(C)c1OC)COC2=O)Oc1ccccc1. The number of benzene rings is 2. The maximum absolute atomic E-state index is 13.7. The molecule has 1 unspecified atom stereocenters. The molecule has 2 aromatic carbocycles. The monoisotopic (exact) mass is 518 g/mol. The summed E-state index contributed by atoms with van der Waals surface area (Å²) in [6, 6.07) is 8.53. The molecule has 0 amide bonds. The van der Waals surface area contributed by atoms with Gasteiger partial charge in [0, 0.05) is 11.1 Å². The van der Waals surface area contributed by atoms with E-state index in [4.69, 9.17) is 23.3 Å². The number of esters is 2. The molecule has 1 heterocycles. The number of hydrogen-bond acceptors (Lipinski definition) is 9. The van der Waals surface area contributed by atoms with E-state index < -0.39 is 25.6 Å². The number of hydrogen-bond donors (Lipinski definition) is 1. The molecule has 2 aromatic rings. The summed E-state index contributed by atoms with van der Waals surface area (Å²) in [4.78, 5) is 24.3. The minimum absolute atomic E-state index is 0.0784. The van der Waals surface area contributed by atoms with E-state index in [0.29, 0.717) is 33.8 Å². The maximum atomic E-state index is 13.7. The molecule has 0 spiro atoms. The van der Waals surface area contributed by atoms with Gasteiger partial charge in [0.15, 0.2) is 6.10 Å². The Morgan fingerprint density at radius 2 is 1.97 bits per heavy atom. The van der Waals surface area contributed by atoms with Gasteiger partial charge in [0.25, 0.3) is 0 Å². The van der Waals surface area contributed by atoms with E-state index in [-0.39, 0.29) is 37.1 Å². The van der Waals surface area contributed by atoms with Crippen LogP contribution < -0.4 is 9.26 Å². The number of aromatic hydroxyl groups is 1. The number of allylic oxidation sites excluding steroid dienone is 2. The van der Waals surface area contributed by atoms with Crippen LogP contribution in [0.3, 0.4) is 0 Å². The van der Waals surface area contributed by atoms with Crippen molar-refractivity contribution in [3.05, 3.63) is 64.2 Å². The van der Waals surface area contributed by atoms with E-state index in [1.54, 1.807) is 57.2 Å². The zero-order valence-corrected chi connectivity index (χ0v) is 21.9. The third-order valence-electron chi connectivity index (χ3n) is 5.67. The van der Waals surface area contributed by atoms with Gasteiger partial charge in [-0.05, 0) is 51.8 Å². The lowest BCUT2D eigenvalue weighted by atomic mass is 9.95. The van der Waals surface area contributed by atoms with Gasteiger partial charge in [-0.25, -0.2) is 14.2 Å². The van der Waals surface area contributed by atoms with Gasteiger partial charge in [0.1, 0.15) is 29.4 Å². The number of carbonyl (C=O) groups excluding carboxylic acids is 2. The number of phenolic OH excluding ortho intramolecular Hbond substituents is 1. The molecule has 194 valence electrons. The predicted octanol–water partition coefficient (Wildman–Crippen LogP) is 5.11. The highest BCUT2D eigenvalue weighted by atomic mass is 31.2. The second-order valence-corrected chi connectivity index (χ2v) is 10.3. The fraction of sp³-hybridized carbons (Fsp3) is 0.385. The fourth-order valence-electron chi connectivity index (χ4n) is 3.95. The van der Waals surface area contributed by atoms with Crippen LogP contribution in [0.2, 0.25) is 0 Å². The first-order valence-corrected chi connectivity index (χ1v) is 13.3. The molecule has 0 bridgehead atoms. The molecule has 3 rings (SSSR count). The second kappa shape index (κ2) is 11.6. The highest BCUT2D eigenvalue weighted by Crippen LogP contribution is 2.51. The van der Waals surface area contributed by atoms with E-state index in [2.05, 4.69) is 0 Å². The smallest absolute Gasteiger partial charge is 0.384 e. The van der Waals surface area contributed by atoms with Gasteiger partial charge in [0.2, 0.25) is 0 Å². The third-order valence-corrected chi connectivity index (χ3v) is 7.68. The topological polar surface area (TPSA) is 118 Å². The molecule has 0 aromatic heterocycles. The van der Waals surface area contributed by atoms with Crippen molar-refractivity contribution < 1.29 is 42.5 Å². The van der Waals surface area contributed by atoms with Crippen LogP contribution in [0.15, 0.2) is 42.0 Å². The van der Waals surface area contributed by atoms with Gasteiger partial charge in [-0.1, -0.05) is 29.8 Å². The summed E-state index contributed by atoms with van der Waals surface area (Å²) in [6.07, 6.45) is 0.687. The largest absolute Gasteiger partial charge is 0.507 e. The number of para-hydroxylation sites is 1. The molecule has 1 N–H and O–H groups in total. The molecule has 9 nitrogen and oxygen atoms in total. The number of cyclic esters (lactones) is 1. The van der Waals surface area contributed by atoms with E-state index >= 15 is 0 Å². The molecule has 0 saturated carbocycles. The van der Waals surface area contributed by atoms with Crippen molar-refractivity contribution in [2.75, 3.05) is 19.9 Å². The minimum Gasteiger partial charge on any atom is -0.507 e. The van der Waals surface area contributed by atoms with Crippen LogP contribution in [-0.4, -0.2) is 43.0 Å². The molecule has 1 aliphatic rings. The van der Waals surface area contributed by atoms with Crippen molar-refractivity contribution in [3.8, 4) is 17.2 Å². The van der Waals surface area contributed by atoms with Crippen molar-refractivity contribution in [2.24, 2.45) is 0 Å². The average molecular weight is 518 g/mol. The summed E-state index contributed by atoms with van der Waals surface area (Å²) in [7, 11) is -2.37. The van der Waals surface area contributed by atoms with Crippen LogP contribution in [0.25, 0.3) is 0 Å². The van der Waals surface area contributed by atoms with Gasteiger partial charge in [-0.3, -0.25) is 4.52 Å². The van der Waals surface area contributed by atoms with Crippen molar-refractivity contribution in [1.29, 1.82) is 0 Å². The Morgan fingerprint density at radius 1 is 1.28 bits per heavy atom. The molecule has 10 heteroatoms. The Hall–Kier alpha value is -3.29. The normalized spacial score (nSPS) is 15.5. The Kier molecular flexibility index (Phi) is 8.82. The molecule has 2 atom stereocenters. The van der Waals surface area contributed by atoms with E-state index in [0.717, 1.165) is 0 Å². The first kappa shape index (κ1) is 27.3. The number of ether oxygens (including phenoxy) is 3. The molecule has 0 saturated heterocycles. The highest BCUT2D eigenvalue weighted by molar-refractivity contribution is 7.54. The fourth-order valence-corrected chi connectivity index (χ4v) is 5.88. The highest BCUT2D eigenvalue weighted by Gasteiger charge is 2.34. The van der Waals surface area contributed by atoms with E-state index in [1.807, 2.05) is 0 Å². The molecular formula is C26H31O9P. The van der Waals surface area contributed by atoms with Crippen LogP contribution in [0.4, 0.5) is 0 Å². The number of methoxy groups -OCH3 is 1. The van der Waals surface area contributed by atoms with Crippen molar-refractivity contribution in [2.45, 2.75) is 46.8 Å². The summed E-state index contributed by atoms with van der Waals surface area (Å²) in [5.41, 5.74) is 2.47. The first-order valence-electron chi connectivity index (χ1n) is 11.5. The second-order valence-electron chi connectivity index (χ2n) is 8.34. The molecule has 0 radical (unpaired) electrons. The summed E-state index contributed by atoms with van der Waals surface area (Å²) in [5, 5.41) is 10.8. The lowest BCUT2D eigenvalue weighted by molar-refractivity contribution is -0.150. The van der Waals surface area contributed by atoms with Crippen molar-refractivity contribution >= 4 is 19.5 Å². The van der Waals surface area contributed by atoms with Crippen LogP contribution in [-0.2, 0) is 36.4 Å². The molecule has 1 aliphatic heterocycles.